The highest BCUT2D eigenvalue weighted by Gasteiger charge is 2.31. The molecule has 1 unspecified atom stereocenters. The first-order valence-electron chi connectivity index (χ1n) is 6.07. The van der Waals surface area contributed by atoms with Crippen LogP contribution < -0.4 is 5.32 Å². The zero-order valence-corrected chi connectivity index (χ0v) is 10.3. The van der Waals surface area contributed by atoms with Gasteiger partial charge in [0.1, 0.15) is 0 Å². The van der Waals surface area contributed by atoms with Gasteiger partial charge in [-0.05, 0) is 12.8 Å². The number of aliphatic hydroxyl groups excluding tert-OH is 1. The van der Waals surface area contributed by atoms with Crippen molar-refractivity contribution in [2.75, 3.05) is 20.3 Å². The van der Waals surface area contributed by atoms with E-state index in [1.54, 1.807) is 0 Å². The first-order valence-corrected chi connectivity index (χ1v) is 6.07. The van der Waals surface area contributed by atoms with Crippen LogP contribution >= 0.6 is 0 Å². The minimum Gasteiger partial charge on any atom is -0.469 e. The Hall–Kier alpha value is -0.610. The summed E-state index contributed by atoms with van der Waals surface area (Å²) in [5.74, 6) is -0.355. The molecule has 0 heterocycles. The molecule has 94 valence electrons. The van der Waals surface area contributed by atoms with Gasteiger partial charge in [0.25, 0.3) is 0 Å². The maximum absolute atomic E-state index is 11.3. The molecule has 0 bridgehead atoms. The largest absolute Gasteiger partial charge is 0.469 e. The second kappa shape index (κ2) is 6.21. The lowest BCUT2D eigenvalue weighted by atomic mass is 9.82. The zero-order chi connectivity index (χ0) is 12.0. The van der Waals surface area contributed by atoms with Gasteiger partial charge < -0.3 is 15.2 Å². The van der Waals surface area contributed by atoms with Gasteiger partial charge in [0.05, 0.1) is 19.6 Å². The fourth-order valence-electron chi connectivity index (χ4n) is 2.27. The van der Waals surface area contributed by atoms with E-state index in [-0.39, 0.29) is 24.0 Å². The van der Waals surface area contributed by atoms with Crippen molar-refractivity contribution in [3.8, 4) is 0 Å². The Bertz CT molecular complexity index is 224. The van der Waals surface area contributed by atoms with Crippen LogP contribution in [0.1, 0.15) is 39.0 Å². The first kappa shape index (κ1) is 13.5. The van der Waals surface area contributed by atoms with E-state index in [2.05, 4.69) is 10.1 Å². The Labute approximate surface area is 97.4 Å². The second-order valence-electron chi connectivity index (χ2n) is 4.80. The number of esters is 1. The van der Waals surface area contributed by atoms with E-state index in [1.165, 1.54) is 13.5 Å². The van der Waals surface area contributed by atoms with Gasteiger partial charge >= 0.3 is 5.97 Å². The third kappa shape index (κ3) is 3.46. The van der Waals surface area contributed by atoms with Crippen LogP contribution in [0.4, 0.5) is 0 Å². The molecule has 0 radical (unpaired) electrons. The molecule has 0 saturated heterocycles. The van der Waals surface area contributed by atoms with E-state index in [1.807, 2.05) is 6.92 Å². The molecule has 1 saturated carbocycles. The number of hydrogen-bond donors (Lipinski definition) is 2. The summed E-state index contributed by atoms with van der Waals surface area (Å²) in [5.41, 5.74) is -0.166. The molecule has 1 atom stereocenters. The number of nitrogens with one attached hydrogen (secondary N) is 1. The van der Waals surface area contributed by atoms with E-state index in [0.717, 1.165) is 25.7 Å². The second-order valence-corrected chi connectivity index (χ2v) is 4.80. The van der Waals surface area contributed by atoms with E-state index in [0.29, 0.717) is 6.54 Å². The Kier molecular flexibility index (Phi) is 5.22. The van der Waals surface area contributed by atoms with Crippen molar-refractivity contribution >= 4 is 5.97 Å². The number of methoxy groups -OCH3 is 1. The van der Waals surface area contributed by atoms with E-state index < -0.39 is 0 Å². The maximum atomic E-state index is 11.3. The molecule has 4 nitrogen and oxygen atoms in total. The molecule has 2 N–H and O–H groups in total. The summed E-state index contributed by atoms with van der Waals surface area (Å²) in [5, 5.41) is 12.8. The first-order chi connectivity index (χ1) is 7.63. The van der Waals surface area contributed by atoms with Crippen LogP contribution in [0.5, 0.6) is 0 Å². The lowest BCUT2D eigenvalue weighted by Crippen LogP contribution is -2.51. The molecule has 0 aliphatic heterocycles. The Morgan fingerprint density at radius 3 is 2.56 bits per heavy atom. The Balaban J connectivity index is 2.41. The highest BCUT2D eigenvalue weighted by atomic mass is 16.5. The van der Waals surface area contributed by atoms with Crippen molar-refractivity contribution in [3.63, 3.8) is 0 Å². The Morgan fingerprint density at radius 1 is 1.44 bits per heavy atom. The summed E-state index contributed by atoms with van der Waals surface area (Å²) in [4.78, 5) is 11.3. The van der Waals surface area contributed by atoms with E-state index in [4.69, 9.17) is 0 Å². The molecular formula is C12H23NO3. The fourth-order valence-corrected chi connectivity index (χ4v) is 2.27. The number of hydrogen-bond acceptors (Lipinski definition) is 4. The third-order valence-corrected chi connectivity index (χ3v) is 3.50. The third-order valence-electron chi connectivity index (χ3n) is 3.50. The van der Waals surface area contributed by atoms with Gasteiger partial charge in [-0.2, -0.15) is 0 Å². The van der Waals surface area contributed by atoms with Crippen molar-refractivity contribution in [2.45, 2.75) is 44.6 Å². The smallest absolute Gasteiger partial charge is 0.309 e. The molecule has 16 heavy (non-hydrogen) atoms. The predicted molar refractivity (Wildman–Crippen MR) is 62.1 cm³/mol. The predicted octanol–water partition coefficient (Wildman–Crippen LogP) is 1.08. The molecule has 1 rings (SSSR count). The average Bonchev–Trinajstić information content (AvgIpc) is 2.36. The van der Waals surface area contributed by atoms with Crippen molar-refractivity contribution in [1.82, 2.24) is 5.32 Å². The molecule has 1 aliphatic rings. The van der Waals surface area contributed by atoms with E-state index in [9.17, 15) is 9.90 Å². The molecule has 1 fully saturated rings. The summed E-state index contributed by atoms with van der Waals surface area (Å²) in [7, 11) is 1.40. The lowest BCUT2D eigenvalue weighted by Gasteiger charge is -2.37. The topological polar surface area (TPSA) is 58.6 Å². The van der Waals surface area contributed by atoms with Gasteiger partial charge in [-0.25, -0.2) is 0 Å². The SMILES string of the molecule is COC(=O)C(C)CNC1(CO)CCCCC1. The van der Waals surface area contributed by atoms with Crippen LogP contribution in [0.25, 0.3) is 0 Å². The van der Waals surface area contributed by atoms with Gasteiger partial charge in [-0.15, -0.1) is 0 Å². The summed E-state index contributed by atoms with van der Waals surface area (Å²) in [6.45, 7) is 2.57. The van der Waals surface area contributed by atoms with Crippen molar-refractivity contribution in [2.24, 2.45) is 5.92 Å². The minimum atomic E-state index is -0.198. The number of aliphatic hydroxyl groups is 1. The monoisotopic (exact) mass is 229 g/mol. The van der Waals surface area contributed by atoms with Crippen LogP contribution in [0.3, 0.4) is 0 Å². The molecule has 1 aliphatic carbocycles. The van der Waals surface area contributed by atoms with Crippen LogP contribution in [-0.4, -0.2) is 36.9 Å². The molecule has 0 aromatic rings. The normalized spacial score (nSPS) is 21.4. The molecular weight excluding hydrogens is 206 g/mol. The van der Waals surface area contributed by atoms with Gasteiger partial charge in [0, 0.05) is 12.1 Å². The summed E-state index contributed by atoms with van der Waals surface area (Å²) < 4.78 is 4.68. The van der Waals surface area contributed by atoms with Gasteiger partial charge in [0.2, 0.25) is 0 Å². The summed E-state index contributed by atoms with van der Waals surface area (Å²) in [6.07, 6.45) is 5.55. The van der Waals surface area contributed by atoms with Crippen LogP contribution in [0, 0.1) is 5.92 Å². The molecule has 0 aromatic carbocycles. The number of carbonyl (C=O) groups is 1. The molecule has 0 aromatic heterocycles. The number of ether oxygens (including phenoxy) is 1. The van der Waals surface area contributed by atoms with Crippen LogP contribution in [-0.2, 0) is 9.53 Å². The standard InChI is InChI=1S/C12H23NO3/c1-10(11(15)16-2)8-13-12(9-14)6-4-3-5-7-12/h10,13-14H,3-9H2,1-2H3. The van der Waals surface area contributed by atoms with Gasteiger partial charge in [-0.1, -0.05) is 26.2 Å². The maximum Gasteiger partial charge on any atom is 0.309 e. The highest BCUT2D eigenvalue weighted by molar-refractivity contribution is 5.72. The highest BCUT2D eigenvalue weighted by Crippen LogP contribution is 2.27. The van der Waals surface area contributed by atoms with E-state index >= 15 is 0 Å². The summed E-state index contributed by atoms with van der Waals surface area (Å²) in [6, 6.07) is 0. The molecule has 0 amide bonds. The van der Waals surface area contributed by atoms with Crippen molar-refractivity contribution in [3.05, 3.63) is 0 Å². The van der Waals surface area contributed by atoms with Crippen LogP contribution in [0.15, 0.2) is 0 Å². The average molecular weight is 229 g/mol. The summed E-state index contributed by atoms with van der Waals surface area (Å²) >= 11 is 0. The van der Waals surface area contributed by atoms with Crippen LogP contribution in [0.2, 0.25) is 0 Å². The van der Waals surface area contributed by atoms with Crippen molar-refractivity contribution < 1.29 is 14.6 Å². The zero-order valence-electron chi connectivity index (χ0n) is 10.3. The number of rotatable bonds is 5. The lowest BCUT2D eigenvalue weighted by molar-refractivity contribution is -0.144. The minimum absolute atomic E-state index is 0.154. The number of carbonyl (C=O) groups excluding carboxylic acids is 1. The molecule has 4 heteroatoms. The quantitative estimate of drug-likeness (QED) is 0.693. The molecule has 0 spiro atoms. The van der Waals surface area contributed by atoms with Gasteiger partial charge in [-0.3, -0.25) is 4.79 Å². The Morgan fingerprint density at radius 2 is 2.06 bits per heavy atom. The van der Waals surface area contributed by atoms with Crippen molar-refractivity contribution in [1.29, 1.82) is 0 Å². The fraction of sp³-hybridized carbons (Fsp3) is 0.917. The van der Waals surface area contributed by atoms with Gasteiger partial charge in [0.15, 0.2) is 0 Å².